The van der Waals surface area contributed by atoms with E-state index in [9.17, 15) is 0 Å². The minimum absolute atomic E-state index is 0.403. The number of hydrogen-bond donors (Lipinski definition) is 1. The van der Waals surface area contributed by atoms with Crippen molar-refractivity contribution >= 4 is 45.9 Å². The number of hydrogen-bond acceptors (Lipinski definition) is 7. The molecule has 3 aromatic rings. The zero-order chi connectivity index (χ0) is 20.7. The van der Waals surface area contributed by atoms with Gasteiger partial charge in [0.15, 0.2) is 11.9 Å². The summed E-state index contributed by atoms with van der Waals surface area (Å²) in [6, 6.07) is 17.6. The van der Waals surface area contributed by atoms with E-state index in [2.05, 4.69) is 20.6 Å². The van der Waals surface area contributed by atoms with Crippen molar-refractivity contribution in [3.63, 3.8) is 0 Å². The van der Waals surface area contributed by atoms with Gasteiger partial charge in [0.05, 0.1) is 16.9 Å². The van der Waals surface area contributed by atoms with Crippen LogP contribution in [0.2, 0.25) is 5.15 Å². The summed E-state index contributed by atoms with van der Waals surface area (Å²) < 4.78 is 7.64. The van der Waals surface area contributed by atoms with E-state index < -0.39 is 6.17 Å². The van der Waals surface area contributed by atoms with Gasteiger partial charge in [0.2, 0.25) is 5.90 Å². The van der Waals surface area contributed by atoms with Gasteiger partial charge in [0.1, 0.15) is 5.15 Å². The minimum atomic E-state index is -0.500. The Kier molecular flexibility index (Phi) is 4.80. The van der Waals surface area contributed by atoms with Gasteiger partial charge in [-0.2, -0.15) is 5.10 Å². The van der Waals surface area contributed by atoms with Gasteiger partial charge in [0.25, 0.3) is 5.23 Å². The molecule has 1 aromatic heterocycles. The van der Waals surface area contributed by atoms with E-state index in [1.807, 2.05) is 67.8 Å². The van der Waals surface area contributed by atoms with Gasteiger partial charge in [-0.05, 0) is 31.4 Å². The summed E-state index contributed by atoms with van der Waals surface area (Å²) in [4.78, 5) is 4.83. The molecule has 5 rings (SSSR count). The SMILES string of the molecule is CSC1=NN=C2C(=N[C@@H](c3c(C)nn(-c4ccccc4)c3Cl)Nc3ccccc32)O1. The van der Waals surface area contributed by atoms with Crippen molar-refractivity contribution in [2.24, 2.45) is 15.2 Å². The molecule has 0 bridgehead atoms. The number of fused-ring (bicyclic) bond motifs is 3. The molecule has 150 valence electrons. The molecule has 2 aliphatic heterocycles. The molecule has 0 aliphatic carbocycles. The molecule has 0 fully saturated rings. The van der Waals surface area contributed by atoms with Crippen LogP contribution in [0.3, 0.4) is 0 Å². The number of ether oxygens (including phenoxy) is 1. The second kappa shape index (κ2) is 7.62. The van der Waals surface area contributed by atoms with Crippen LogP contribution in [0.25, 0.3) is 5.69 Å². The van der Waals surface area contributed by atoms with Crippen molar-refractivity contribution in [1.82, 2.24) is 9.78 Å². The van der Waals surface area contributed by atoms with Crippen molar-refractivity contribution in [3.05, 3.63) is 76.6 Å². The fourth-order valence-corrected chi connectivity index (χ4v) is 4.10. The number of rotatable bonds is 2. The molecule has 0 spiro atoms. The van der Waals surface area contributed by atoms with E-state index in [4.69, 9.17) is 21.3 Å². The molecule has 0 saturated carbocycles. The maximum Gasteiger partial charge on any atom is 0.276 e. The summed E-state index contributed by atoms with van der Waals surface area (Å²) in [7, 11) is 0. The van der Waals surface area contributed by atoms with Crippen LogP contribution in [0.4, 0.5) is 5.69 Å². The van der Waals surface area contributed by atoms with Crippen molar-refractivity contribution in [1.29, 1.82) is 0 Å². The number of aryl methyl sites for hydroxylation is 1. The van der Waals surface area contributed by atoms with Gasteiger partial charge in [-0.15, -0.1) is 10.2 Å². The highest BCUT2D eigenvalue weighted by molar-refractivity contribution is 8.13. The first kappa shape index (κ1) is 18.9. The Morgan fingerprint density at radius 1 is 1.07 bits per heavy atom. The van der Waals surface area contributed by atoms with Gasteiger partial charge in [0, 0.05) is 11.3 Å². The van der Waals surface area contributed by atoms with Crippen LogP contribution in [-0.4, -0.2) is 32.9 Å². The second-order valence-electron chi connectivity index (χ2n) is 6.68. The number of aliphatic imine (C=N–C) groups is 1. The first-order valence-corrected chi connectivity index (χ1v) is 10.9. The number of thioether (sulfide) groups is 1. The topological polar surface area (TPSA) is 76.2 Å². The van der Waals surface area contributed by atoms with Gasteiger partial charge >= 0.3 is 0 Å². The Morgan fingerprint density at radius 3 is 2.63 bits per heavy atom. The zero-order valence-corrected chi connectivity index (χ0v) is 17.8. The van der Waals surface area contributed by atoms with Crippen LogP contribution in [-0.2, 0) is 4.74 Å². The van der Waals surface area contributed by atoms with Gasteiger partial charge in [-0.3, -0.25) is 0 Å². The predicted octanol–water partition coefficient (Wildman–Crippen LogP) is 4.81. The first-order valence-electron chi connectivity index (χ1n) is 9.27. The van der Waals surface area contributed by atoms with Crippen molar-refractivity contribution in [2.45, 2.75) is 13.1 Å². The van der Waals surface area contributed by atoms with Crippen LogP contribution < -0.4 is 5.32 Å². The highest BCUT2D eigenvalue weighted by atomic mass is 35.5. The molecule has 0 amide bonds. The van der Waals surface area contributed by atoms with Crippen LogP contribution >= 0.6 is 23.4 Å². The van der Waals surface area contributed by atoms with Crippen LogP contribution in [0.15, 0.2) is 69.8 Å². The Hall–Kier alpha value is -3.10. The Labute approximate surface area is 182 Å². The smallest absolute Gasteiger partial charge is 0.276 e. The Morgan fingerprint density at radius 2 is 1.83 bits per heavy atom. The number of para-hydroxylation sites is 2. The zero-order valence-electron chi connectivity index (χ0n) is 16.2. The molecule has 3 heterocycles. The number of nitrogens with one attached hydrogen (secondary N) is 1. The maximum atomic E-state index is 6.80. The van der Waals surface area contributed by atoms with Crippen molar-refractivity contribution in [3.8, 4) is 5.69 Å². The van der Waals surface area contributed by atoms with E-state index in [1.165, 1.54) is 11.8 Å². The van der Waals surface area contributed by atoms with Crippen molar-refractivity contribution < 1.29 is 4.74 Å². The van der Waals surface area contributed by atoms with Gasteiger partial charge in [-0.1, -0.05) is 59.8 Å². The molecular formula is C21H17ClN6OS. The minimum Gasteiger partial charge on any atom is -0.411 e. The highest BCUT2D eigenvalue weighted by Crippen LogP contribution is 2.35. The lowest BCUT2D eigenvalue weighted by molar-refractivity contribution is 0.553. The highest BCUT2D eigenvalue weighted by Gasteiger charge is 2.31. The van der Waals surface area contributed by atoms with Crippen LogP contribution in [0.1, 0.15) is 23.0 Å². The van der Waals surface area contributed by atoms with Crippen LogP contribution in [0, 0.1) is 6.92 Å². The first-order chi connectivity index (χ1) is 14.7. The third-order valence-electron chi connectivity index (χ3n) is 4.84. The summed E-state index contributed by atoms with van der Waals surface area (Å²) in [6.45, 7) is 1.92. The molecule has 2 aromatic carbocycles. The third-order valence-corrected chi connectivity index (χ3v) is 5.71. The summed E-state index contributed by atoms with van der Waals surface area (Å²) >= 11 is 8.17. The lowest BCUT2D eigenvalue weighted by Crippen LogP contribution is -2.24. The monoisotopic (exact) mass is 436 g/mol. The summed E-state index contributed by atoms with van der Waals surface area (Å²) in [5.74, 6) is 0.403. The quantitative estimate of drug-likeness (QED) is 0.625. The van der Waals surface area contributed by atoms with Crippen molar-refractivity contribution in [2.75, 3.05) is 11.6 Å². The lowest BCUT2D eigenvalue weighted by Gasteiger charge is -2.15. The number of nitrogens with zero attached hydrogens (tertiary/aromatic N) is 5. The molecule has 0 saturated heterocycles. The number of benzene rings is 2. The molecule has 1 atom stereocenters. The fraction of sp³-hybridized carbons (Fsp3) is 0.143. The summed E-state index contributed by atoms with van der Waals surface area (Å²) in [5.41, 5.74) is 4.76. The number of anilines is 1. The molecule has 0 radical (unpaired) electrons. The molecule has 9 heteroatoms. The number of halogens is 1. The molecular weight excluding hydrogens is 420 g/mol. The van der Waals surface area contributed by atoms with Crippen LogP contribution in [0.5, 0.6) is 0 Å². The Bertz CT molecular complexity index is 1220. The van der Waals surface area contributed by atoms with Gasteiger partial charge < -0.3 is 10.1 Å². The second-order valence-corrected chi connectivity index (χ2v) is 7.80. The third kappa shape index (κ3) is 3.18. The molecule has 7 nitrogen and oxygen atoms in total. The molecule has 2 aliphatic rings. The normalized spacial score (nSPS) is 17.4. The van der Waals surface area contributed by atoms with E-state index in [0.717, 1.165) is 28.2 Å². The average Bonchev–Trinajstić information content (AvgIpc) is 2.98. The molecule has 30 heavy (non-hydrogen) atoms. The van der Waals surface area contributed by atoms with Gasteiger partial charge in [-0.25, -0.2) is 9.67 Å². The summed E-state index contributed by atoms with van der Waals surface area (Å²) in [5, 5.41) is 17.6. The van der Waals surface area contributed by atoms with E-state index in [-0.39, 0.29) is 0 Å². The lowest BCUT2D eigenvalue weighted by atomic mass is 10.1. The average molecular weight is 437 g/mol. The maximum absolute atomic E-state index is 6.80. The predicted molar refractivity (Wildman–Crippen MR) is 122 cm³/mol. The number of aromatic nitrogens is 2. The molecule has 1 N–H and O–H groups in total. The molecule has 0 unspecified atom stereocenters. The summed E-state index contributed by atoms with van der Waals surface area (Å²) in [6.07, 6.45) is 1.38. The van der Waals surface area contributed by atoms with E-state index >= 15 is 0 Å². The standard InChI is InChI=1S/C21H17ClN6OS/c1-12-16(18(22)28(27-12)13-8-4-3-5-9-13)19-23-15-11-7-6-10-14(15)17-20(24-19)29-21(30-2)26-25-17/h3-11,19,23H,1-2H3/t19-/m0/s1. The van der Waals surface area contributed by atoms with E-state index in [1.54, 1.807) is 4.68 Å². The van der Waals surface area contributed by atoms with E-state index in [0.29, 0.717) is 22.0 Å². The fourth-order valence-electron chi connectivity index (χ4n) is 3.44. The largest absolute Gasteiger partial charge is 0.411 e. The Balaban J connectivity index is 1.66.